The third-order valence-corrected chi connectivity index (χ3v) is 5.12. The second-order valence-electron chi connectivity index (χ2n) is 4.88. The Kier molecular flexibility index (Phi) is 5.61. The highest BCUT2D eigenvalue weighted by Gasteiger charge is 2.13. The van der Waals surface area contributed by atoms with Gasteiger partial charge < -0.3 is 8.83 Å². The molecule has 0 fully saturated rings. The van der Waals surface area contributed by atoms with Gasteiger partial charge in [0.25, 0.3) is 10.2 Å². The number of carbonyl (C=O) groups excluding carboxylic acids is 2. The zero-order valence-electron chi connectivity index (χ0n) is 12.6. The van der Waals surface area contributed by atoms with Gasteiger partial charge in [-0.25, -0.2) is 0 Å². The van der Waals surface area contributed by atoms with Crippen molar-refractivity contribution in [3.63, 3.8) is 0 Å². The van der Waals surface area contributed by atoms with Crippen LogP contribution in [0.15, 0.2) is 69.9 Å². The number of furan rings is 2. The van der Waals surface area contributed by atoms with Gasteiger partial charge in [0.2, 0.25) is 0 Å². The molecule has 3 aromatic rings. The molecule has 0 N–H and O–H groups in total. The maximum atomic E-state index is 12.0. The van der Waals surface area contributed by atoms with Crippen LogP contribution in [0.4, 0.5) is 0 Å². The molecule has 3 rings (SSSR count). The summed E-state index contributed by atoms with van der Waals surface area (Å²) >= 11 is 2.38. The molecule has 0 spiro atoms. The molecule has 1 aromatic carbocycles. The van der Waals surface area contributed by atoms with Crippen molar-refractivity contribution < 1.29 is 18.4 Å². The summed E-state index contributed by atoms with van der Waals surface area (Å²) in [6.45, 7) is 0. The molecule has 0 amide bonds. The molecule has 0 saturated heterocycles. The van der Waals surface area contributed by atoms with Crippen molar-refractivity contribution in [3.8, 4) is 0 Å². The van der Waals surface area contributed by atoms with Crippen LogP contribution in [0, 0.1) is 0 Å². The molecule has 0 unspecified atom stereocenters. The molecule has 0 aliphatic heterocycles. The summed E-state index contributed by atoms with van der Waals surface area (Å²) in [4.78, 5) is 24.0. The van der Waals surface area contributed by atoms with E-state index in [1.807, 2.05) is 24.3 Å². The van der Waals surface area contributed by atoms with Crippen molar-refractivity contribution in [2.45, 2.75) is 11.5 Å². The average Bonchev–Trinajstić information content (AvgIpc) is 3.31. The van der Waals surface area contributed by atoms with E-state index in [4.69, 9.17) is 8.83 Å². The van der Waals surface area contributed by atoms with E-state index in [0.717, 1.165) is 11.1 Å². The van der Waals surface area contributed by atoms with Crippen molar-refractivity contribution in [1.82, 2.24) is 0 Å². The van der Waals surface area contributed by atoms with Gasteiger partial charge in [-0.3, -0.25) is 9.59 Å². The van der Waals surface area contributed by atoms with E-state index < -0.39 is 0 Å². The molecule has 24 heavy (non-hydrogen) atoms. The Bertz CT molecular complexity index is 738. The lowest BCUT2D eigenvalue weighted by Crippen LogP contribution is -1.97. The molecule has 4 nitrogen and oxygen atoms in total. The van der Waals surface area contributed by atoms with Gasteiger partial charge in [0.1, 0.15) is 0 Å². The molecule has 0 aliphatic carbocycles. The monoisotopic (exact) mass is 358 g/mol. The zero-order valence-corrected chi connectivity index (χ0v) is 14.3. The van der Waals surface area contributed by atoms with Crippen molar-refractivity contribution in [1.29, 1.82) is 0 Å². The minimum absolute atomic E-state index is 0.103. The molecule has 2 aromatic heterocycles. The smallest absolute Gasteiger partial charge is 0.254 e. The lowest BCUT2D eigenvalue weighted by atomic mass is 10.1. The Balaban J connectivity index is 1.60. The van der Waals surface area contributed by atoms with Crippen molar-refractivity contribution in [2.75, 3.05) is 0 Å². The fourth-order valence-corrected chi connectivity index (χ4v) is 3.71. The summed E-state index contributed by atoms with van der Waals surface area (Å²) in [5, 5.41) is -0.205. The highest BCUT2D eigenvalue weighted by Crippen LogP contribution is 2.25. The molecule has 0 saturated carbocycles. The minimum atomic E-state index is -0.103. The van der Waals surface area contributed by atoms with Gasteiger partial charge in [-0.2, -0.15) is 0 Å². The van der Waals surface area contributed by atoms with E-state index in [-0.39, 0.29) is 10.2 Å². The quantitative estimate of drug-likeness (QED) is 0.616. The Labute approximate surface area is 147 Å². The van der Waals surface area contributed by atoms with Crippen LogP contribution in [0.1, 0.15) is 32.2 Å². The number of hydrogen-bond acceptors (Lipinski definition) is 6. The second-order valence-corrected chi connectivity index (χ2v) is 6.77. The third-order valence-electron chi connectivity index (χ3n) is 3.28. The van der Waals surface area contributed by atoms with Gasteiger partial charge >= 0.3 is 0 Å². The summed E-state index contributed by atoms with van der Waals surface area (Å²) in [5.74, 6) is 1.76. The van der Waals surface area contributed by atoms with Gasteiger partial charge in [0, 0.05) is 11.5 Å². The minimum Gasteiger partial charge on any atom is -0.460 e. The molecule has 122 valence electrons. The first-order valence-electron chi connectivity index (χ1n) is 7.22. The first-order valence-corrected chi connectivity index (χ1v) is 9.19. The van der Waals surface area contributed by atoms with Crippen molar-refractivity contribution >= 4 is 33.8 Å². The lowest BCUT2D eigenvalue weighted by molar-refractivity contribution is 0.105. The summed E-state index contributed by atoms with van der Waals surface area (Å²) in [5.41, 5.74) is 2.06. The molecular formula is C18H14O4S2. The summed E-state index contributed by atoms with van der Waals surface area (Å²) in [7, 11) is 0. The summed E-state index contributed by atoms with van der Waals surface area (Å²) in [6.07, 6.45) is 2.97. The van der Waals surface area contributed by atoms with Crippen LogP contribution in [-0.4, -0.2) is 10.2 Å². The predicted molar refractivity (Wildman–Crippen MR) is 95.1 cm³/mol. The first kappa shape index (κ1) is 16.7. The average molecular weight is 358 g/mol. The van der Waals surface area contributed by atoms with E-state index >= 15 is 0 Å². The molecule has 6 heteroatoms. The van der Waals surface area contributed by atoms with Crippen LogP contribution in [0.5, 0.6) is 0 Å². The fraction of sp³-hybridized carbons (Fsp3) is 0.111. The second kappa shape index (κ2) is 8.08. The number of benzene rings is 1. The van der Waals surface area contributed by atoms with E-state index in [1.54, 1.807) is 24.3 Å². The van der Waals surface area contributed by atoms with Crippen molar-refractivity contribution in [2.24, 2.45) is 0 Å². The Hall–Kier alpha value is -2.18. The Morgan fingerprint density at radius 1 is 0.708 bits per heavy atom. The molecular weight excluding hydrogens is 344 g/mol. The predicted octanol–water partition coefficient (Wildman–Crippen LogP) is 5.02. The van der Waals surface area contributed by atoms with E-state index in [9.17, 15) is 9.59 Å². The standard InChI is InChI=1S/C18H14O4S2/c19-17(15-7-3-9-21-15)23-11-13-5-1-2-6-14(13)12-24-18(20)16-8-4-10-22-16/h1-10H,11-12H2. The van der Waals surface area contributed by atoms with Gasteiger partial charge in [0.15, 0.2) is 11.5 Å². The number of rotatable bonds is 6. The largest absolute Gasteiger partial charge is 0.460 e. The Morgan fingerprint density at radius 3 is 1.54 bits per heavy atom. The summed E-state index contributed by atoms with van der Waals surface area (Å²) in [6, 6.07) is 14.5. The number of carbonyl (C=O) groups is 2. The fourth-order valence-electron chi connectivity index (χ4n) is 2.06. The maximum absolute atomic E-state index is 12.0. The molecule has 0 atom stereocenters. The summed E-state index contributed by atoms with van der Waals surface area (Å²) < 4.78 is 10.2. The van der Waals surface area contributed by atoms with E-state index in [2.05, 4.69) is 0 Å². The van der Waals surface area contributed by atoms with Crippen molar-refractivity contribution in [3.05, 3.63) is 83.7 Å². The van der Waals surface area contributed by atoms with Crippen LogP contribution >= 0.6 is 23.5 Å². The normalized spacial score (nSPS) is 10.7. The van der Waals surface area contributed by atoms with Crippen LogP contribution in [0.2, 0.25) is 0 Å². The first-order chi connectivity index (χ1) is 11.7. The van der Waals surface area contributed by atoms with Gasteiger partial charge in [-0.1, -0.05) is 47.8 Å². The molecule has 2 heterocycles. The highest BCUT2D eigenvalue weighted by atomic mass is 32.2. The van der Waals surface area contributed by atoms with Gasteiger partial charge in [-0.05, 0) is 35.4 Å². The molecule has 0 bridgehead atoms. The van der Waals surface area contributed by atoms with Crippen LogP contribution in [0.25, 0.3) is 0 Å². The van der Waals surface area contributed by atoms with Crippen LogP contribution < -0.4 is 0 Å². The number of thioether (sulfide) groups is 2. The van der Waals surface area contributed by atoms with Crippen LogP contribution in [0.3, 0.4) is 0 Å². The van der Waals surface area contributed by atoms with Gasteiger partial charge in [-0.15, -0.1) is 0 Å². The zero-order chi connectivity index (χ0) is 16.8. The SMILES string of the molecule is O=C(SCc1ccccc1CSC(=O)c1ccco1)c1ccco1. The molecule has 0 radical (unpaired) electrons. The van der Waals surface area contributed by atoms with E-state index in [1.165, 1.54) is 36.1 Å². The molecule has 0 aliphatic rings. The maximum Gasteiger partial charge on any atom is 0.254 e. The highest BCUT2D eigenvalue weighted by molar-refractivity contribution is 8.13. The van der Waals surface area contributed by atoms with Crippen LogP contribution in [-0.2, 0) is 11.5 Å². The third kappa shape index (κ3) is 4.21. The Morgan fingerprint density at radius 2 is 1.17 bits per heavy atom. The lowest BCUT2D eigenvalue weighted by Gasteiger charge is -2.07. The van der Waals surface area contributed by atoms with Gasteiger partial charge in [0.05, 0.1) is 12.5 Å². The number of hydrogen-bond donors (Lipinski definition) is 0. The van der Waals surface area contributed by atoms with E-state index in [0.29, 0.717) is 23.0 Å². The topological polar surface area (TPSA) is 60.4 Å².